The first-order valence-corrected chi connectivity index (χ1v) is 24.5. The molecule has 2 aliphatic heterocycles. The number of ether oxygens (including phenoxy) is 4. The van der Waals surface area contributed by atoms with Crippen molar-refractivity contribution in [2.45, 2.75) is 63.3 Å². The minimum Gasteiger partial charge on any atom is -0.383 e. The van der Waals surface area contributed by atoms with Gasteiger partial charge in [0.1, 0.15) is 17.4 Å². The second kappa shape index (κ2) is 22.8. The van der Waals surface area contributed by atoms with Crippen LogP contribution in [-0.4, -0.2) is 126 Å². The Morgan fingerprint density at radius 3 is 2.21 bits per heavy atom. The van der Waals surface area contributed by atoms with Gasteiger partial charge in [-0.2, -0.15) is 0 Å². The highest BCUT2D eigenvalue weighted by Gasteiger charge is 2.45. The van der Waals surface area contributed by atoms with Crippen molar-refractivity contribution in [3.05, 3.63) is 119 Å². The third-order valence-corrected chi connectivity index (χ3v) is 13.4. The summed E-state index contributed by atoms with van der Waals surface area (Å²) >= 11 is 0. The largest absolute Gasteiger partial charge is 0.383 e. The Morgan fingerprint density at radius 1 is 0.792 bits per heavy atom. The molecule has 6 aromatic rings. The monoisotopic (exact) mass is 977 g/mol. The van der Waals surface area contributed by atoms with Gasteiger partial charge in [0.15, 0.2) is 11.5 Å². The van der Waals surface area contributed by atoms with Crippen molar-refractivity contribution >= 4 is 52.2 Å². The molecule has 5 heterocycles. The molecule has 18 nitrogen and oxygen atoms in total. The number of piperidine rings is 1. The molecule has 1 aliphatic carbocycles. The number of aryl methyl sites for hydroxylation is 1. The van der Waals surface area contributed by atoms with E-state index in [2.05, 4.69) is 62.8 Å². The van der Waals surface area contributed by atoms with Gasteiger partial charge in [0.2, 0.25) is 17.7 Å². The zero-order chi connectivity index (χ0) is 50.0. The SMILES string of the molecule is CC1(c2ccc(-n3c(-c4cccnc4N)nc4ccc(-c5cccc(CCC(=O)NCCOCCOCCOCCOCCNc6cccc7c6C(=O)N(C6CCC(=O)NC6=O)C7=O)c5)nc43)cc2)CCC1. The molecule has 3 aromatic heterocycles. The van der Waals surface area contributed by atoms with E-state index in [9.17, 15) is 24.0 Å². The number of carbonyl (C=O) groups excluding carboxylic acids is 5. The van der Waals surface area contributed by atoms with E-state index < -0.39 is 29.7 Å². The van der Waals surface area contributed by atoms with Crippen LogP contribution in [0.25, 0.3) is 39.5 Å². The van der Waals surface area contributed by atoms with Crippen molar-refractivity contribution in [1.82, 2.24) is 35.1 Å². The number of rotatable bonds is 24. The van der Waals surface area contributed by atoms with Gasteiger partial charge in [0, 0.05) is 49.1 Å². The number of hydrogen-bond acceptors (Lipinski definition) is 14. The van der Waals surface area contributed by atoms with Crippen LogP contribution in [0.15, 0.2) is 97.2 Å². The normalized spacial score (nSPS) is 16.2. The van der Waals surface area contributed by atoms with Gasteiger partial charge in [-0.3, -0.25) is 38.8 Å². The first kappa shape index (κ1) is 49.6. The standard InChI is InChI=1S/C54H59N9O9/c1-54(21-5-22-54)37-12-14-38(15-13-37)62-49(40-9-4-23-58-48(40)55)60-43-17-16-41(59-50(43)62)36-7-2-6-35(34-36)11-19-45(64)57-25-27-70-29-31-72-33-32-71-30-28-69-26-24-56-42-10-3-8-39-47(42)53(68)63(52(39)67)44-18-20-46(65)61-51(44)66/h2-4,6-10,12-17,23,34,44,56H,5,11,18-22,24-33H2,1H3,(H2,55,58)(H,57,64)(H,61,65,66). The quantitative estimate of drug-likeness (QED) is 0.0415. The summed E-state index contributed by atoms with van der Waals surface area (Å²) in [6.45, 7) is 6.00. The average molecular weight is 978 g/mol. The van der Waals surface area contributed by atoms with Gasteiger partial charge < -0.3 is 35.3 Å². The zero-order valence-corrected chi connectivity index (χ0v) is 40.3. The molecule has 374 valence electrons. The second-order valence-electron chi connectivity index (χ2n) is 18.3. The average Bonchev–Trinajstić information content (AvgIpc) is 3.88. The smallest absolute Gasteiger partial charge is 0.264 e. The van der Waals surface area contributed by atoms with Crippen molar-refractivity contribution in [1.29, 1.82) is 0 Å². The fourth-order valence-corrected chi connectivity index (χ4v) is 9.34. The van der Waals surface area contributed by atoms with Crippen molar-refractivity contribution in [3.63, 3.8) is 0 Å². The van der Waals surface area contributed by atoms with Gasteiger partial charge in [-0.1, -0.05) is 49.7 Å². The number of anilines is 2. The summed E-state index contributed by atoms with van der Waals surface area (Å²) in [7, 11) is 0. The molecule has 5 N–H and O–H groups in total. The van der Waals surface area contributed by atoms with E-state index >= 15 is 0 Å². The van der Waals surface area contributed by atoms with E-state index in [1.54, 1.807) is 24.4 Å². The number of imide groups is 2. The molecule has 9 rings (SSSR count). The van der Waals surface area contributed by atoms with Crippen molar-refractivity contribution < 1.29 is 42.9 Å². The molecule has 3 aliphatic rings. The molecule has 0 spiro atoms. The third-order valence-electron chi connectivity index (χ3n) is 13.4. The predicted octanol–water partition coefficient (Wildman–Crippen LogP) is 5.80. The molecule has 2 fully saturated rings. The summed E-state index contributed by atoms with van der Waals surface area (Å²) < 4.78 is 24.5. The van der Waals surface area contributed by atoms with Crippen LogP contribution in [0.3, 0.4) is 0 Å². The van der Waals surface area contributed by atoms with Crippen molar-refractivity contribution in [3.8, 4) is 28.3 Å². The number of fused-ring (bicyclic) bond motifs is 2. The molecule has 1 saturated heterocycles. The Kier molecular flexibility index (Phi) is 15.7. The van der Waals surface area contributed by atoms with Gasteiger partial charge in [-0.25, -0.2) is 15.0 Å². The van der Waals surface area contributed by atoms with Crippen LogP contribution in [0, 0.1) is 0 Å². The lowest BCUT2D eigenvalue weighted by Crippen LogP contribution is -2.54. The molecule has 1 saturated carbocycles. The van der Waals surface area contributed by atoms with Gasteiger partial charge in [0.05, 0.1) is 75.2 Å². The third kappa shape index (κ3) is 11.2. The Hall–Kier alpha value is -7.38. The van der Waals surface area contributed by atoms with E-state index in [0.29, 0.717) is 102 Å². The predicted molar refractivity (Wildman–Crippen MR) is 269 cm³/mol. The number of nitrogen functional groups attached to an aromatic ring is 1. The lowest BCUT2D eigenvalue weighted by molar-refractivity contribution is -0.136. The summed E-state index contributed by atoms with van der Waals surface area (Å²) in [5.41, 5.74) is 14.7. The first-order chi connectivity index (χ1) is 35.1. The van der Waals surface area contributed by atoms with Crippen LogP contribution in [0.1, 0.15) is 77.3 Å². The molecule has 72 heavy (non-hydrogen) atoms. The molecule has 1 atom stereocenters. The minimum atomic E-state index is -1.02. The first-order valence-electron chi connectivity index (χ1n) is 24.5. The molecule has 18 heteroatoms. The number of imidazole rings is 1. The van der Waals surface area contributed by atoms with Gasteiger partial charge in [0.25, 0.3) is 11.8 Å². The highest BCUT2D eigenvalue weighted by atomic mass is 16.6. The van der Waals surface area contributed by atoms with E-state index in [0.717, 1.165) is 38.5 Å². The Bertz CT molecular complexity index is 2950. The lowest BCUT2D eigenvalue weighted by Gasteiger charge is -2.39. The van der Waals surface area contributed by atoms with Crippen molar-refractivity contribution in [2.24, 2.45) is 0 Å². The van der Waals surface area contributed by atoms with Crippen molar-refractivity contribution in [2.75, 3.05) is 77.0 Å². The van der Waals surface area contributed by atoms with Gasteiger partial charge in [-0.05, 0) is 96.8 Å². The Balaban J connectivity index is 0.642. The number of nitrogens with one attached hydrogen (secondary N) is 3. The maximum atomic E-state index is 13.2. The molecule has 0 bridgehead atoms. The maximum absolute atomic E-state index is 13.2. The number of nitrogens with zero attached hydrogens (tertiary/aromatic N) is 5. The highest BCUT2D eigenvalue weighted by Crippen LogP contribution is 2.43. The lowest BCUT2D eigenvalue weighted by atomic mass is 9.66. The zero-order valence-electron chi connectivity index (χ0n) is 40.3. The molecular formula is C54H59N9O9. The molecular weight excluding hydrogens is 919 g/mol. The van der Waals surface area contributed by atoms with E-state index in [-0.39, 0.29) is 35.3 Å². The van der Waals surface area contributed by atoms with Gasteiger partial charge in [-0.15, -0.1) is 0 Å². The number of nitrogens with two attached hydrogens (primary N) is 1. The second-order valence-corrected chi connectivity index (χ2v) is 18.3. The summed E-state index contributed by atoms with van der Waals surface area (Å²) in [6, 6.07) is 28.5. The molecule has 1 unspecified atom stereocenters. The number of benzene rings is 3. The Morgan fingerprint density at radius 2 is 1.50 bits per heavy atom. The summed E-state index contributed by atoms with van der Waals surface area (Å²) in [6.07, 6.45) is 6.36. The summed E-state index contributed by atoms with van der Waals surface area (Å²) in [5, 5.41) is 8.28. The topological polar surface area (TPSA) is 231 Å². The number of pyridine rings is 2. The number of hydrogen-bond donors (Lipinski definition) is 4. The van der Waals surface area contributed by atoms with E-state index in [1.807, 2.05) is 42.5 Å². The summed E-state index contributed by atoms with van der Waals surface area (Å²) in [5.74, 6) is -1.19. The van der Waals surface area contributed by atoms with Crippen LogP contribution in [0.5, 0.6) is 0 Å². The van der Waals surface area contributed by atoms with Crippen LogP contribution < -0.4 is 21.7 Å². The molecule has 3 aromatic carbocycles. The number of amides is 5. The fourth-order valence-electron chi connectivity index (χ4n) is 9.34. The minimum absolute atomic E-state index is 0.0562. The van der Waals surface area contributed by atoms with E-state index in [4.69, 9.17) is 34.6 Å². The molecule has 0 radical (unpaired) electrons. The van der Waals surface area contributed by atoms with Crippen LogP contribution in [-0.2, 0) is 45.2 Å². The molecule has 5 amide bonds. The van der Waals surface area contributed by atoms with Crippen LogP contribution >= 0.6 is 0 Å². The number of aromatic nitrogens is 4. The van der Waals surface area contributed by atoms with Gasteiger partial charge >= 0.3 is 0 Å². The van der Waals surface area contributed by atoms with Crippen LogP contribution in [0.2, 0.25) is 0 Å². The van der Waals surface area contributed by atoms with Crippen LogP contribution in [0.4, 0.5) is 11.5 Å². The Labute approximate surface area is 417 Å². The maximum Gasteiger partial charge on any atom is 0.264 e. The number of carbonyl (C=O) groups is 5. The highest BCUT2D eigenvalue weighted by molar-refractivity contribution is 6.25. The fraction of sp³-hybridized carbons (Fsp3) is 0.370. The summed E-state index contributed by atoms with van der Waals surface area (Å²) in [4.78, 5) is 78.5. The van der Waals surface area contributed by atoms with E-state index in [1.165, 1.54) is 24.8 Å².